The summed E-state index contributed by atoms with van der Waals surface area (Å²) in [6.07, 6.45) is 3.95. The van der Waals surface area contributed by atoms with Crippen LogP contribution in [0, 0.1) is 0 Å². The lowest BCUT2D eigenvalue weighted by molar-refractivity contribution is 0.0378. The first kappa shape index (κ1) is 13.7. The van der Waals surface area contributed by atoms with Crippen LogP contribution in [-0.2, 0) is 4.74 Å². The number of aromatic nitrogens is 2. The molecule has 19 heavy (non-hydrogen) atoms. The van der Waals surface area contributed by atoms with Crippen LogP contribution in [0.15, 0.2) is 12.4 Å². The number of anilines is 1. The Morgan fingerprint density at radius 2 is 2.21 bits per heavy atom. The topological polar surface area (TPSA) is 93.4 Å². The van der Waals surface area contributed by atoms with Crippen molar-refractivity contribution in [3.63, 3.8) is 0 Å². The number of primary amides is 1. The second kappa shape index (κ2) is 7.01. The van der Waals surface area contributed by atoms with E-state index in [1.807, 2.05) is 0 Å². The van der Waals surface area contributed by atoms with Crippen molar-refractivity contribution in [1.82, 2.24) is 14.9 Å². The Bertz CT molecular complexity index is 420. The molecule has 0 unspecified atom stereocenters. The number of nitrogens with one attached hydrogen (secondary N) is 1. The molecule has 7 nitrogen and oxygen atoms in total. The molecule has 0 atom stereocenters. The van der Waals surface area contributed by atoms with Crippen molar-refractivity contribution in [2.24, 2.45) is 5.73 Å². The Balaban J connectivity index is 1.70. The fourth-order valence-electron chi connectivity index (χ4n) is 1.91. The predicted octanol–water partition coefficient (Wildman–Crippen LogP) is -0.290. The molecule has 2 rings (SSSR count). The highest BCUT2D eigenvalue weighted by molar-refractivity contribution is 5.90. The van der Waals surface area contributed by atoms with Crippen molar-refractivity contribution in [3.8, 4) is 0 Å². The molecule has 7 heteroatoms. The van der Waals surface area contributed by atoms with E-state index in [0.29, 0.717) is 5.82 Å². The number of carbonyl (C=O) groups is 1. The first-order chi connectivity index (χ1) is 9.25. The van der Waals surface area contributed by atoms with Gasteiger partial charge in [-0.2, -0.15) is 0 Å². The maximum absolute atomic E-state index is 11.0. The highest BCUT2D eigenvalue weighted by Gasteiger charge is 2.09. The smallest absolute Gasteiger partial charge is 0.268 e. The molecule has 1 amide bonds. The fraction of sp³-hybridized carbons (Fsp3) is 0.583. The Labute approximate surface area is 112 Å². The van der Waals surface area contributed by atoms with E-state index in [9.17, 15) is 4.79 Å². The molecule has 1 aromatic heterocycles. The van der Waals surface area contributed by atoms with Crippen LogP contribution in [0.5, 0.6) is 0 Å². The molecule has 2 heterocycles. The van der Waals surface area contributed by atoms with E-state index in [4.69, 9.17) is 10.5 Å². The molecule has 0 saturated carbocycles. The molecule has 1 saturated heterocycles. The molecule has 0 spiro atoms. The van der Waals surface area contributed by atoms with Gasteiger partial charge in [0.2, 0.25) is 0 Å². The summed E-state index contributed by atoms with van der Waals surface area (Å²) in [5.74, 6) is 0.0164. The molecule has 0 aromatic carbocycles. The van der Waals surface area contributed by atoms with Crippen LogP contribution in [0.1, 0.15) is 16.9 Å². The largest absolute Gasteiger partial charge is 0.379 e. The van der Waals surface area contributed by atoms with Crippen molar-refractivity contribution in [2.75, 3.05) is 44.7 Å². The standard InChI is InChI=1S/C12H19N5O2/c13-12(18)10-8-14-9-11(16-10)15-2-1-3-17-4-6-19-7-5-17/h8-9H,1-7H2,(H2,13,18)(H,15,16). The maximum atomic E-state index is 11.0. The molecule has 1 aromatic rings. The zero-order chi connectivity index (χ0) is 13.5. The summed E-state index contributed by atoms with van der Waals surface area (Å²) in [6, 6.07) is 0. The van der Waals surface area contributed by atoms with E-state index in [-0.39, 0.29) is 5.69 Å². The number of carbonyl (C=O) groups excluding carboxylic acids is 1. The summed E-state index contributed by atoms with van der Waals surface area (Å²) < 4.78 is 5.29. The van der Waals surface area contributed by atoms with Gasteiger partial charge in [0.15, 0.2) is 0 Å². The average Bonchev–Trinajstić information content (AvgIpc) is 2.45. The van der Waals surface area contributed by atoms with Crippen molar-refractivity contribution in [1.29, 1.82) is 0 Å². The van der Waals surface area contributed by atoms with Gasteiger partial charge in [-0.25, -0.2) is 4.98 Å². The molecular formula is C12H19N5O2. The molecule has 0 aliphatic carbocycles. The summed E-state index contributed by atoms with van der Waals surface area (Å²) >= 11 is 0. The van der Waals surface area contributed by atoms with Gasteiger partial charge in [0.1, 0.15) is 11.5 Å². The minimum atomic E-state index is -0.565. The van der Waals surface area contributed by atoms with E-state index in [0.717, 1.165) is 45.8 Å². The number of nitrogens with zero attached hydrogens (tertiary/aromatic N) is 3. The minimum absolute atomic E-state index is 0.179. The van der Waals surface area contributed by atoms with Gasteiger partial charge in [-0.1, -0.05) is 0 Å². The normalized spacial score (nSPS) is 16.2. The van der Waals surface area contributed by atoms with Gasteiger partial charge in [-0.15, -0.1) is 0 Å². The van der Waals surface area contributed by atoms with E-state index in [1.165, 1.54) is 6.20 Å². The van der Waals surface area contributed by atoms with Crippen molar-refractivity contribution >= 4 is 11.7 Å². The zero-order valence-corrected chi connectivity index (χ0v) is 10.8. The van der Waals surface area contributed by atoms with Crippen LogP contribution in [0.25, 0.3) is 0 Å². The van der Waals surface area contributed by atoms with Crippen molar-refractivity contribution < 1.29 is 9.53 Å². The Morgan fingerprint density at radius 3 is 2.95 bits per heavy atom. The molecular weight excluding hydrogens is 246 g/mol. The monoisotopic (exact) mass is 265 g/mol. The summed E-state index contributed by atoms with van der Waals surface area (Å²) in [5.41, 5.74) is 5.33. The highest BCUT2D eigenvalue weighted by Crippen LogP contribution is 2.03. The van der Waals surface area contributed by atoms with E-state index >= 15 is 0 Å². The number of hydrogen-bond acceptors (Lipinski definition) is 6. The van der Waals surface area contributed by atoms with Gasteiger partial charge < -0.3 is 15.8 Å². The second-order valence-electron chi connectivity index (χ2n) is 4.39. The molecule has 0 bridgehead atoms. The predicted molar refractivity (Wildman–Crippen MR) is 70.9 cm³/mol. The maximum Gasteiger partial charge on any atom is 0.268 e. The summed E-state index contributed by atoms with van der Waals surface area (Å²) in [4.78, 5) is 21.3. The van der Waals surface area contributed by atoms with Crippen LogP contribution in [0.2, 0.25) is 0 Å². The van der Waals surface area contributed by atoms with Gasteiger partial charge in [0.05, 0.1) is 25.6 Å². The fourth-order valence-corrected chi connectivity index (χ4v) is 1.91. The number of nitrogens with two attached hydrogens (primary N) is 1. The van der Waals surface area contributed by atoms with Gasteiger partial charge in [-0.3, -0.25) is 14.7 Å². The average molecular weight is 265 g/mol. The van der Waals surface area contributed by atoms with Crippen molar-refractivity contribution in [2.45, 2.75) is 6.42 Å². The Morgan fingerprint density at radius 1 is 1.42 bits per heavy atom. The summed E-state index contributed by atoms with van der Waals surface area (Å²) in [7, 11) is 0. The zero-order valence-electron chi connectivity index (χ0n) is 10.8. The molecule has 104 valence electrons. The second-order valence-corrected chi connectivity index (χ2v) is 4.39. The lowest BCUT2D eigenvalue weighted by Crippen LogP contribution is -2.37. The number of rotatable bonds is 6. The lowest BCUT2D eigenvalue weighted by atomic mass is 10.3. The molecule has 1 aliphatic heterocycles. The first-order valence-electron chi connectivity index (χ1n) is 6.41. The summed E-state index contributed by atoms with van der Waals surface area (Å²) in [5, 5.41) is 3.14. The molecule has 0 radical (unpaired) electrons. The third kappa shape index (κ3) is 4.46. The summed E-state index contributed by atoms with van der Waals surface area (Å²) in [6.45, 7) is 5.45. The van der Waals surface area contributed by atoms with Gasteiger partial charge in [-0.05, 0) is 13.0 Å². The minimum Gasteiger partial charge on any atom is -0.379 e. The van der Waals surface area contributed by atoms with Gasteiger partial charge in [0, 0.05) is 19.6 Å². The van der Waals surface area contributed by atoms with E-state index in [1.54, 1.807) is 6.20 Å². The van der Waals surface area contributed by atoms with Gasteiger partial charge in [0.25, 0.3) is 5.91 Å². The quantitative estimate of drug-likeness (QED) is 0.687. The van der Waals surface area contributed by atoms with Crippen LogP contribution in [0.4, 0.5) is 5.82 Å². The third-order valence-electron chi connectivity index (χ3n) is 2.95. The number of hydrogen-bond donors (Lipinski definition) is 2. The number of ether oxygens (including phenoxy) is 1. The molecule has 1 fully saturated rings. The van der Waals surface area contributed by atoms with E-state index in [2.05, 4.69) is 20.2 Å². The van der Waals surface area contributed by atoms with Crippen LogP contribution in [0.3, 0.4) is 0 Å². The Hall–Kier alpha value is -1.73. The molecule has 3 N–H and O–H groups in total. The third-order valence-corrected chi connectivity index (χ3v) is 2.95. The van der Waals surface area contributed by atoms with E-state index < -0.39 is 5.91 Å². The highest BCUT2D eigenvalue weighted by atomic mass is 16.5. The van der Waals surface area contributed by atoms with Gasteiger partial charge >= 0.3 is 0 Å². The Kier molecular flexibility index (Phi) is 5.05. The van der Waals surface area contributed by atoms with Crippen molar-refractivity contribution in [3.05, 3.63) is 18.1 Å². The van der Waals surface area contributed by atoms with Crippen LogP contribution >= 0.6 is 0 Å². The van der Waals surface area contributed by atoms with Crippen LogP contribution in [-0.4, -0.2) is 60.2 Å². The SMILES string of the molecule is NC(=O)c1cncc(NCCCN2CCOCC2)n1. The number of morpholine rings is 1. The first-order valence-corrected chi connectivity index (χ1v) is 6.41. The van der Waals surface area contributed by atoms with Crippen LogP contribution < -0.4 is 11.1 Å². The lowest BCUT2D eigenvalue weighted by Gasteiger charge is -2.26. The molecule has 1 aliphatic rings. The number of amides is 1.